The van der Waals surface area contributed by atoms with Crippen LogP contribution in [0.1, 0.15) is 56.1 Å². The van der Waals surface area contributed by atoms with E-state index in [4.69, 9.17) is 10.5 Å². The Morgan fingerprint density at radius 3 is 2.31 bits per heavy atom. The molecule has 0 aromatic heterocycles. The highest BCUT2D eigenvalue weighted by Gasteiger charge is 2.50. The number of carbonyl (C=O) groups excluding carboxylic acids is 3. The van der Waals surface area contributed by atoms with E-state index in [0.717, 1.165) is 11.1 Å². The van der Waals surface area contributed by atoms with E-state index in [9.17, 15) is 14.4 Å². The Labute approximate surface area is 218 Å². The van der Waals surface area contributed by atoms with Gasteiger partial charge in [-0.25, -0.2) is 4.79 Å². The summed E-state index contributed by atoms with van der Waals surface area (Å²) >= 11 is 1.51. The van der Waals surface area contributed by atoms with E-state index >= 15 is 0 Å². The second kappa shape index (κ2) is 11.0. The van der Waals surface area contributed by atoms with Gasteiger partial charge in [-0.3, -0.25) is 9.59 Å². The van der Waals surface area contributed by atoms with Gasteiger partial charge < -0.3 is 20.7 Å². The Morgan fingerprint density at radius 2 is 1.72 bits per heavy atom. The van der Waals surface area contributed by atoms with Crippen LogP contribution in [0.3, 0.4) is 0 Å². The fourth-order valence-electron chi connectivity index (χ4n) is 4.20. The molecule has 8 heteroatoms. The largest absolute Gasteiger partial charge is 0.447 e. The number of nitrogens with two attached hydrogens (primary N) is 1. The topological polar surface area (TPSA) is 102 Å². The highest BCUT2D eigenvalue weighted by atomic mass is 32.2. The molecule has 1 fully saturated rings. The van der Waals surface area contributed by atoms with Crippen molar-refractivity contribution < 1.29 is 19.1 Å². The predicted molar refractivity (Wildman–Crippen MR) is 144 cm³/mol. The Kier molecular flexibility index (Phi) is 8.52. The molecule has 2 amide bonds. The lowest BCUT2D eigenvalue weighted by atomic mass is 9.96. The number of esters is 1. The highest BCUT2D eigenvalue weighted by molar-refractivity contribution is 8.00. The second-order valence-corrected chi connectivity index (χ2v) is 12.5. The Balaban J connectivity index is 1.91. The molecule has 3 rings (SSSR count). The third-order valence-electron chi connectivity index (χ3n) is 6.04. The quantitative estimate of drug-likeness (QED) is 0.550. The molecule has 1 saturated heterocycles. The van der Waals surface area contributed by atoms with Crippen LogP contribution in [-0.2, 0) is 20.7 Å². The van der Waals surface area contributed by atoms with Gasteiger partial charge in [0.2, 0.25) is 5.91 Å². The summed E-state index contributed by atoms with van der Waals surface area (Å²) in [7, 11) is 0. The third-order valence-corrected chi connectivity index (χ3v) is 7.42. The van der Waals surface area contributed by atoms with E-state index in [-0.39, 0.29) is 5.91 Å². The van der Waals surface area contributed by atoms with Crippen molar-refractivity contribution in [1.82, 2.24) is 10.2 Å². The van der Waals surface area contributed by atoms with Gasteiger partial charge in [0.25, 0.3) is 5.91 Å². The first-order valence-corrected chi connectivity index (χ1v) is 13.1. The maximum atomic E-state index is 13.9. The number of thioether (sulfide) groups is 1. The van der Waals surface area contributed by atoms with Crippen molar-refractivity contribution in [2.45, 2.75) is 76.4 Å². The molecular formula is C28H37N3O4S. The van der Waals surface area contributed by atoms with Crippen LogP contribution < -0.4 is 11.1 Å². The van der Waals surface area contributed by atoms with Gasteiger partial charge in [-0.1, -0.05) is 48.0 Å². The fraction of sp³-hybridized carbons (Fsp3) is 0.464. The van der Waals surface area contributed by atoms with Crippen LogP contribution in [-0.4, -0.2) is 57.0 Å². The highest BCUT2D eigenvalue weighted by Crippen LogP contribution is 2.40. The molecular weight excluding hydrogens is 474 g/mol. The predicted octanol–water partition coefficient (Wildman–Crippen LogP) is 3.69. The molecule has 0 radical (unpaired) electrons. The Bertz CT molecular complexity index is 1080. The minimum Gasteiger partial charge on any atom is -0.447 e. The molecule has 0 bridgehead atoms. The van der Waals surface area contributed by atoms with Crippen LogP contribution in [0.15, 0.2) is 54.6 Å². The van der Waals surface area contributed by atoms with Gasteiger partial charge in [0.05, 0.1) is 17.5 Å². The van der Waals surface area contributed by atoms with E-state index in [1.807, 2.05) is 84.0 Å². The average molecular weight is 512 g/mol. The molecule has 3 atom stereocenters. The van der Waals surface area contributed by atoms with Crippen molar-refractivity contribution in [2.75, 3.05) is 5.88 Å². The van der Waals surface area contributed by atoms with Crippen LogP contribution in [0.25, 0.3) is 0 Å². The first-order valence-electron chi connectivity index (χ1n) is 12.1. The van der Waals surface area contributed by atoms with Crippen LogP contribution in [0.2, 0.25) is 0 Å². The SMILES string of the molecule is Cc1ccc(C(=O)O[C@H](C(=O)N2CSC(C)(C)[C@H]2C(=O)NC(C)(C)C)[C@@H](N)Cc2ccccc2)cc1. The van der Waals surface area contributed by atoms with Crippen molar-refractivity contribution in [3.8, 4) is 0 Å². The summed E-state index contributed by atoms with van der Waals surface area (Å²) in [4.78, 5) is 41.8. The summed E-state index contributed by atoms with van der Waals surface area (Å²) in [5.74, 6) is -1.04. The van der Waals surface area contributed by atoms with Gasteiger partial charge in [-0.15, -0.1) is 11.8 Å². The molecule has 0 saturated carbocycles. The molecule has 2 aromatic rings. The summed E-state index contributed by atoms with van der Waals surface area (Å²) in [6, 6.07) is 14.9. The molecule has 3 N–H and O–H groups in total. The number of hydrogen-bond donors (Lipinski definition) is 2. The molecule has 7 nitrogen and oxygen atoms in total. The maximum Gasteiger partial charge on any atom is 0.338 e. The summed E-state index contributed by atoms with van der Waals surface area (Å²) < 4.78 is 5.26. The normalized spacial score (nSPS) is 18.9. The Hall–Kier alpha value is -2.84. The van der Waals surface area contributed by atoms with Gasteiger partial charge in [-0.2, -0.15) is 0 Å². The third kappa shape index (κ3) is 6.89. The van der Waals surface area contributed by atoms with E-state index < -0.39 is 40.4 Å². The van der Waals surface area contributed by atoms with Gasteiger partial charge in [0.15, 0.2) is 6.10 Å². The number of carbonyl (C=O) groups is 3. The van der Waals surface area contributed by atoms with Gasteiger partial charge >= 0.3 is 5.97 Å². The number of nitrogens with zero attached hydrogens (tertiary/aromatic N) is 1. The van der Waals surface area contributed by atoms with Crippen molar-refractivity contribution in [3.05, 3.63) is 71.3 Å². The number of amides is 2. The number of aryl methyl sites for hydroxylation is 1. The number of benzene rings is 2. The van der Waals surface area contributed by atoms with Crippen molar-refractivity contribution in [2.24, 2.45) is 5.73 Å². The Morgan fingerprint density at radius 1 is 1.11 bits per heavy atom. The van der Waals surface area contributed by atoms with Crippen molar-refractivity contribution in [1.29, 1.82) is 0 Å². The fourth-order valence-corrected chi connectivity index (χ4v) is 5.34. The number of rotatable bonds is 7. The van der Waals surface area contributed by atoms with Crippen molar-refractivity contribution in [3.63, 3.8) is 0 Å². The smallest absolute Gasteiger partial charge is 0.338 e. The maximum absolute atomic E-state index is 13.9. The van der Waals surface area contributed by atoms with Gasteiger partial charge in [-0.05, 0) is 65.7 Å². The van der Waals surface area contributed by atoms with Gasteiger partial charge in [0.1, 0.15) is 6.04 Å². The van der Waals surface area contributed by atoms with Crippen LogP contribution in [0.5, 0.6) is 0 Å². The molecule has 0 aliphatic carbocycles. The zero-order valence-electron chi connectivity index (χ0n) is 21.9. The zero-order chi connectivity index (χ0) is 26.7. The van der Waals surface area contributed by atoms with Crippen molar-refractivity contribution >= 4 is 29.5 Å². The molecule has 36 heavy (non-hydrogen) atoms. The van der Waals surface area contributed by atoms with Crippen LogP contribution in [0.4, 0.5) is 0 Å². The summed E-state index contributed by atoms with van der Waals surface area (Å²) in [6.07, 6.45) is -0.916. The first kappa shape index (κ1) is 27.7. The van der Waals surface area contributed by atoms with Gasteiger partial charge in [0, 0.05) is 10.3 Å². The number of ether oxygens (including phenoxy) is 1. The van der Waals surface area contributed by atoms with Crippen LogP contribution >= 0.6 is 11.8 Å². The minimum atomic E-state index is -1.25. The summed E-state index contributed by atoms with van der Waals surface area (Å²) in [5.41, 5.74) is 8.33. The molecule has 0 unspecified atom stereocenters. The summed E-state index contributed by atoms with van der Waals surface area (Å²) in [5, 5.41) is 3.00. The summed E-state index contributed by atoms with van der Waals surface area (Å²) in [6.45, 7) is 11.5. The minimum absolute atomic E-state index is 0.244. The van der Waals surface area contributed by atoms with E-state index in [0.29, 0.717) is 17.9 Å². The number of nitrogens with one attached hydrogen (secondary N) is 1. The molecule has 2 aromatic carbocycles. The second-order valence-electron chi connectivity index (χ2n) is 10.9. The lowest BCUT2D eigenvalue weighted by Crippen LogP contribution is -2.60. The molecule has 1 aliphatic heterocycles. The average Bonchev–Trinajstić information content (AvgIpc) is 3.11. The zero-order valence-corrected chi connectivity index (χ0v) is 22.7. The lowest BCUT2D eigenvalue weighted by Gasteiger charge is -2.35. The molecule has 1 heterocycles. The first-order chi connectivity index (χ1) is 16.8. The van der Waals surface area contributed by atoms with Crippen LogP contribution in [0, 0.1) is 6.92 Å². The van der Waals surface area contributed by atoms with E-state index in [1.165, 1.54) is 16.7 Å². The monoisotopic (exact) mass is 511 g/mol. The molecule has 1 aliphatic rings. The number of hydrogen-bond acceptors (Lipinski definition) is 6. The van der Waals surface area contributed by atoms with E-state index in [2.05, 4.69) is 5.32 Å². The van der Waals surface area contributed by atoms with E-state index in [1.54, 1.807) is 12.1 Å². The molecule has 194 valence electrons. The standard InChI is InChI=1S/C28H37N3O4S/c1-18-12-14-20(15-13-18)26(34)35-22(21(29)16-19-10-8-7-9-11-19)25(33)31-17-36-28(5,6)23(31)24(32)30-27(2,3)4/h7-15,21-23H,16-17,29H2,1-6H3,(H,30,32)/t21-,22-,23+/m0/s1. The lowest BCUT2D eigenvalue weighted by molar-refractivity contribution is -0.147. The molecule has 0 spiro atoms.